The highest BCUT2D eigenvalue weighted by Gasteiger charge is 2.23. The number of rotatable bonds is 8. The largest absolute Gasteiger partial charge is 0.491 e. The van der Waals surface area contributed by atoms with E-state index in [1.54, 1.807) is 0 Å². The molecule has 1 aliphatic rings. The molecule has 3 aromatic rings. The van der Waals surface area contributed by atoms with Gasteiger partial charge < -0.3 is 24.0 Å². The molecule has 176 valence electrons. The molecular formula is C27H35N2O4+. The number of nitrogens with one attached hydrogen (secondary N) is 1. The van der Waals surface area contributed by atoms with E-state index < -0.39 is 6.10 Å². The van der Waals surface area contributed by atoms with E-state index in [-0.39, 0.29) is 12.6 Å². The molecule has 1 saturated heterocycles. The number of nitrogens with zero attached hydrogens (tertiary/aromatic N) is 1. The molecule has 0 radical (unpaired) electrons. The number of hydrogen-bond donors (Lipinski definition) is 2. The van der Waals surface area contributed by atoms with Crippen LogP contribution in [0.2, 0.25) is 0 Å². The predicted octanol–water partition coefficient (Wildman–Crippen LogP) is 3.23. The third-order valence-electron chi connectivity index (χ3n) is 6.47. The summed E-state index contributed by atoms with van der Waals surface area (Å²) >= 11 is 0. The van der Waals surface area contributed by atoms with Gasteiger partial charge in [-0.2, -0.15) is 0 Å². The van der Waals surface area contributed by atoms with E-state index in [0.717, 1.165) is 35.4 Å². The molecule has 1 aromatic heterocycles. The molecule has 0 aliphatic carbocycles. The minimum absolute atomic E-state index is 0.237. The van der Waals surface area contributed by atoms with Gasteiger partial charge in [0.25, 0.3) is 0 Å². The Kier molecular flexibility index (Phi) is 7.36. The maximum atomic E-state index is 12.9. The second-order valence-electron chi connectivity index (χ2n) is 9.01. The number of quaternary nitrogens is 1. The molecule has 1 fully saturated rings. The third kappa shape index (κ3) is 5.23. The number of aliphatic hydroxyl groups excluding tert-OH is 1. The normalized spacial score (nSPS) is 15.5. The molecule has 1 atom stereocenters. The lowest BCUT2D eigenvalue weighted by molar-refractivity contribution is -0.908. The molecule has 4 rings (SSSR count). The Hall–Kier alpha value is -2.83. The summed E-state index contributed by atoms with van der Waals surface area (Å²) in [6, 6.07) is 14.0. The quantitative estimate of drug-likeness (QED) is 0.516. The van der Waals surface area contributed by atoms with Crippen LogP contribution in [-0.4, -0.2) is 54.6 Å². The van der Waals surface area contributed by atoms with Gasteiger partial charge in [0.1, 0.15) is 25.0 Å². The molecular weight excluding hydrogens is 416 g/mol. The Balaban J connectivity index is 1.61. The fourth-order valence-electron chi connectivity index (χ4n) is 4.82. The highest BCUT2D eigenvalue weighted by atomic mass is 16.5. The zero-order valence-electron chi connectivity index (χ0n) is 19.9. The first kappa shape index (κ1) is 23.3. The monoisotopic (exact) mass is 451 g/mol. The first-order valence-corrected chi connectivity index (χ1v) is 12.0. The fraction of sp³-hybridized carbons (Fsp3) is 0.444. The number of aryl methyl sites for hydroxylation is 1. The Morgan fingerprint density at radius 1 is 1.09 bits per heavy atom. The van der Waals surface area contributed by atoms with Gasteiger partial charge in [0, 0.05) is 16.8 Å². The molecule has 1 aliphatic heterocycles. The van der Waals surface area contributed by atoms with E-state index in [9.17, 15) is 9.90 Å². The summed E-state index contributed by atoms with van der Waals surface area (Å²) in [4.78, 5) is 14.3. The third-order valence-corrected chi connectivity index (χ3v) is 6.47. The number of fused-ring (bicyclic) bond motifs is 1. The number of esters is 1. The second kappa shape index (κ2) is 10.4. The zero-order valence-corrected chi connectivity index (χ0v) is 19.9. The van der Waals surface area contributed by atoms with Gasteiger partial charge >= 0.3 is 5.97 Å². The molecule has 2 heterocycles. The summed E-state index contributed by atoms with van der Waals surface area (Å²) in [7, 11) is 0. The summed E-state index contributed by atoms with van der Waals surface area (Å²) in [5.74, 6) is 0.304. The highest BCUT2D eigenvalue weighted by molar-refractivity contribution is 6.07. The Morgan fingerprint density at radius 2 is 1.82 bits per heavy atom. The summed E-state index contributed by atoms with van der Waals surface area (Å²) in [6.07, 6.45) is 3.24. The molecule has 0 amide bonds. The topological polar surface area (TPSA) is 65.1 Å². The number of aromatic nitrogens is 1. The van der Waals surface area contributed by atoms with Gasteiger partial charge in [-0.1, -0.05) is 17.7 Å². The van der Waals surface area contributed by atoms with E-state index in [1.165, 1.54) is 29.7 Å². The average Bonchev–Trinajstić information content (AvgIpc) is 3.10. The van der Waals surface area contributed by atoms with Gasteiger partial charge in [-0.3, -0.25) is 0 Å². The highest BCUT2D eigenvalue weighted by Crippen LogP contribution is 2.32. The van der Waals surface area contributed by atoms with Crippen LogP contribution >= 0.6 is 0 Å². The van der Waals surface area contributed by atoms with Crippen LogP contribution in [0.5, 0.6) is 5.75 Å². The molecule has 33 heavy (non-hydrogen) atoms. The van der Waals surface area contributed by atoms with Crippen LogP contribution in [0.15, 0.2) is 42.5 Å². The van der Waals surface area contributed by atoms with Gasteiger partial charge in [0.2, 0.25) is 0 Å². The van der Waals surface area contributed by atoms with E-state index >= 15 is 0 Å². The predicted molar refractivity (Wildman–Crippen MR) is 130 cm³/mol. The van der Waals surface area contributed by atoms with Crippen molar-refractivity contribution < 1.29 is 24.3 Å². The van der Waals surface area contributed by atoms with Crippen molar-refractivity contribution in [2.45, 2.75) is 46.1 Å². The van der Waals surface area contributed by atoms with Crippen LogP contribution in [-0.2, 0) is 4.74 Å². The van der Waals surface area contributed by atoms with Gasteiger partial charge in [-0.25, -0.2) is 4.79 Å². The number of benzene rings is 2. The van der Waals surface area contributed by atoms with Crippen LogP contribution in [0, 0.1) is 13.8 Å². The number of carbonyl (C=O) groups is 1. The van der Waals surface area contributed by atoms with Crippen LogP contribution in [0.3, 0.4) is 0 Å². The second-order valence-corrected chi connectivity index (χ2v) is 9.01. The minimum atomic E-state index is -0.516. The smallest absolute Gasteiger partial charge is 0.340 e. The Bertz CT molecular complexity index is 1100. The average molecular weight is 452 g/mol. The number of carbonyl (C=O) groups excluding carboxylic acids is 1. The summed E-state index contributed by atoms with van der Waals surface area (Å²) in [5.41, 5.74) is 4.48. The van der Waals surface area contributed by atoms with Crippen molar-refractivity contribution in [3.05, 3.63) is 59.3 Å². The van der Waals surface area contributed by atoms with Crippen molar-refractivity contribution in [3.63, 3.8) is 0 Å². The van der Waals surface area contributed by atoms with E-state index in [0.29, 0.717) is 24.5 Å². The fourth-order valence-corrected chi connectivity index (χ4v) is 4.82. The number of piperidine rings is 1. The van der Waals surface area contributed by atoms with Gasteiger partial charge in [0.15, 0.2) is 0 Å². The van der Waals surface area contributed by atoms with Crippen molar-refractivity contribution in [2.24, 2.45) is 0 Å². The molecule has 0 spiro atoms. The van der Waals surface area contributed by atoms with Crippen molar-refractivity contribution >= 4 is 16.9 Å². The van der Waals surface area contributed by atoms with Crippen LogP contribution < -0.4 is 9.64 Å². The maximum Gasteiger partial charge on any atom is 0.340 e. The number of likely N-dealkylation sites (tertiary alicyclic amines) is 1. The van der Waals surface area contributed by atoms with E-state index in [1.807, 2.05) is 32.0 Å². The Labute approximate surface area is 195 Å². The lowest BCUT2D eigenvalue weighted by Crippen LogP contribution is -3.14. The lowest BCUT2D eigenvalue weighted by Gasteiger charge is -2.25. The van der Waals surface area contributed by atoms with E-state index in [2.05, 4.69) is 35.8 Å². The van der Waals surface area contributed by atoms with Crippen LogP contribution in [0.25, 0.3) is 16.6 Å². The molecule has 2 N–H and O–H groups in total. The minimum Gasteiger partial charge on any atom is -0.491 e. The Morgan fingerprint density at radius 3 is 2.52 bits per heavy atom. The number of hydrogen-bond acceptors (Lipinski definition) is 4. The summed E-state index contributed by atoms with van der Waals surface area (Å²) < 4.78 is 13.4. The molecule has 2 aromatic carbocycles. The van der Waals surface area contributed by atoms with Crippen molar-refractivity contribution in [1.82, 2.24) is 4.57 Å². The standard InChI is InChI=1S/C27H34N2O4/c1-4-32-27(31)26-20(3)29(21-10-8-19(2)9-11-21)25-13-12-23(16-24(25)26)33-18-22(30)17-28-14-6-5-7-15-28/h8-13,16,22,30H,4-7,14-15,17-18H2,1-3H3/p+1. The van der Waals surface area contributed by atoms with E-state index in [4.69, 9.17) is 9.47 Å². The molecule has 6 heteroatoms. The van der Waals surface area contributed by atoms with Crippen molar-refractivity contribution in [3.8, 4) is 11.4 Å². The zero-order chi connectivity index (χ0) is 23.4. The first-order valence-electron chi connectivity index (χ1n) is 12.0. The summed E-state index contributed by atoms with van der Waals surface area (Å²) in [5, 5.41) is 11.3. The SMILES string of the molecule is CCOC(=O)c1c(C)n(-c2ccc(C)cc2)c2ccc(OCC(O)C[NH+]3CCCCC3)cc12. The first-order chi connectivity index (χ1) is 16.0. The van der Waals surface area contributed by atoms with Gasteiger partial charge in [-0.15, -0.1) is 0 Å². The van der Waals surface area contributed by atoms with Crippen LogP contribution in [0.1, 0.15) is 47.8 Å². The van der Waals surface area contributed by atoms with Gasteiger partial charge in [-0.05, 0) is 70.4 Å². The van der Waals surface area contributed by atoms with Gasteiger partial charge in [0.05, 0.1) is 30.8 Å². The van der Waals surface area contributed by atoms with Crippen molar-refractivity contribution in [1.29, 1.82) is 0 Å². The lowest BCUT2D eigenvalue weighted by atomic mass is 10.1. The van der Waals surface area contributed by atoms with Crippen LogP contribution in [0.4, 0.5) is 0 Å². The molecule has 0 saturated carbocycles. The maximum absolute atomic E-state index is 12.9. The van der Waals surface area contributed by atoms with Crippen molar-refractivity contribution in [2.75, 3.05) is 32.8 Å². The number of ether oxygens (including phenoxy) is 2. The number of aliphatic hydroxyl groups is 1. The molecule has 1 unspecified atom stereocenters. The molecule has 6 nitrogen and oxygen atoms in total. The summed E-state index contributed by atoms with van der Waals surface area (Å²) in [6.45, 7) is 9.32. The molecule has 0 bridgehead atoms.